The summed E-state index contributed by atoms with van der Waals surface area (Å²) in [4.78, 5) is 26.7. The Morgan fingerprint density at radius 2 is 1.88 bits per heavy atom. The summed E-state index contributed by atoms with van der Waals surface area (Å²) in [6, 6.07) is 15.2. The van der Waals surface area contributed by atoms with Crippen molar-refractivity contribution in [2.75, 3.05) is 0 Å². The molecule has 0 unspecified atom stereocenters. The van der Waals surface area contributed by atoms with E-state index in [0.29, 0.717) is 22.5 Å². The first kappa shape index (κ1) is 21.6. The summed E-state index contributed by atoms with van der Waals surface area (Å²) in [5, 5.41) is 3.12. The largest absolute Gasteiger partial charge is 0.345 e. The van der Waals surface area contributed by atoms with Gasteiger partial charge in [-0.2, -0.15) is 0 Å². The minimum Gasteiger partial charge on any atom is -0.345 e. The van der Waals surface area contributed by atoms with Gasteiger partial charge in [-0.15, -0.1) is 6.42 Å². The molecule has 1 atom stereocenters. The molecule has 0 radical (unpaired) electrons. The monoisotopic (exact) mass is 428 g/mol. The standard InChI is InChI=1S/C27H25FN2O2/c1-4-23-17(2)24(18(3)30(27(23)32)22-14-6-5-7-15-22)26(31)29-25(19-10-8-11-19)20-12-9-13-21(28)16-20/h1,5-7,9,12-16,19,25H,8,10-11H2,2-3H3,(H,29,31)/t25-/m0/s1. The Morgan fingerprint density at radius 1 is 1.16 bits per heavy atom. The highest BCUT2D eigenvalue weighted by Crippen LogP contribution is 2.38. The third-order valence-corrected chi connectivity index (χ3v) is 6.37. The molecule has 1 fully saturated rings. The van der Waals surface area contributed by atoms with Gasteiger partial charge in [-0.05, 0) is 68.0 Å². The number of benzene rings is 2. The fraction of sp³-hybridized carbons (Fsp3) is 0.259. The number of amides is 1. The minimum absolute atomic E-state index is 0.163. The van der Waals surface area contributed by atoms with Gasteiger partial charge in [-0.3, -0.25) is 14.2 Å². The van der Waals surface area contributed by atoms with Crippen LogP contribution in [0.2, 0.25) is 0 Å². The van der Waals surface area contributed by atoms with Crippen LogP contribution in [0, 0.1) is 37.9 Å². The molecule has 1 aromatic heterocycles. The highest BCUT2D eigenvalue weighted by atomic mass is 19.1. The van der Waals surface area contributed by atoms with E-state index < -0.39 is 0 Å². The first-order valence-corrected chi connectivity index (χ1v) is 10.8. The molecule has 3 aromatic rings. The Balaban J connectivity index is 1.81. The lowest BCUT2D eigenvalue weighted by atomic mass is 9.77. The molecule has 1 saturated carbocycles. The van der Waals surface area contributed by atoms with Gasteiger partial charge in [0.25, 0.3) is 11.5 Å². The number of carbonyl (C=O) groups excluding carboxylic acids is 1. The average Bonchev–Trinajstić information content (AvgIpc) is 2.73. The van der Waals surface area contributed by atoms with Gasteiger partial charge < -0.3 is 5.32 Å². The second-order valence-corrected chi connectivity index (χ2v) is 8.28. The molecule has 0 bridgehead atoms. The zero-order chi connectivity index (χ0) is 22.8. The first-order chi connectivity index (χ1) is 15.4. The third-order valence-electron chi connectivity index (χ3n) is 6.37. The number of para-hydroxylation sites is 1. The summed E-state index contributed by atoms with van der Waals surface area (Å²) in [6.45, 7) is 3.45. The molecule has 0 aliphatic heterocycles. The number of hydrogen-bond donors (Lipinski definition) is 1. The van der Waals surface area contributed by atoms with Crippen molar-refractivity contribution in [1.82, 2.24) is 9.88 Å². The second-order valence-electron chi connectivity index (χ2n) is 8.28. The Hall–Kier alpha value is -3.65. The van der Waals surface area contributed by atoms with Crippen molar-refractivity contribution < 1.29 is 9.18 Å². The maximum atomic E-state index is 13.9. The number of carbonyl (C=O) groups is 1. The molecular weight excluding hydrogens is 403 g/mol. The van der Waals surface area contributed by atoms with E-state index in [-0.39, 0.29) is 34.8 Å². The quantitative estimate of drug-likeness (QED) is 0.591. The zero-order valence-electron chi connectivity index (χ0n) is 18.2. The van der Waals surface area contributed by atoms with E-state index in [4.69, 9.17) is 6.42 Å². The predicted octanol–water partition coefficient (Wildman–Crippen LogP) is 4.85. The zero-order valence-corrected chi connectivity index (χ0v) is 18.2. The van der Waals surface area contributed by atoms with Gasteiger partial charge in [0.15, 0.2) is 0 Å². The summed E-state index contributed by atoms with van der Waals surface area (Å²) in [6.07, 6.45) is 8.70. The van der Waals surface area contributed by atoms with Crippen molar-refractivity contribution in [3.8, 4) is 18.0 Å². The second kappa shape index (κ2) is 8.84. The fourth-order valence-electron chi connectivity index (χ4n) is 4.49. The van der Waals surface area contributed by atoms with Crippen molar-refractivity contribution in [2.45, 2.75) is 39.2 Å². The summed E-state index contributed by atoms with van der Waals surface area (Å²) >= 11 is 0. The average molecular weight is 429 g/mol. The van der Waals surface area contributed by atoms with Crippen molar-refractivity contribution in [3.05, 3.63) is 98.7 Å². The fourth-order valence-corrected chi connectivity index (χ4v) is 4.49. The van der Waals surface area contributed by atoms with E-state index in [1.165, 1.54) is 16.7 Å². The van der Waals surface area contributed by atoms with E-state index >= 15 is 0 Å². The van der Waals surface area contributed by atoms with E-state index in [1.807, 2.05) is 24.3 Å². The highest BCUT2D eigenvalue weighted by molar-refractivity contribution is 5.97. The lowest BCUT2D eigenvalue weighted by molar-refractivity contribution is 0.0898. The lowest BCUT2D eigenvalue weighted by Gasteiger charge is -2.35. The van der Waals surface area contributed by atoms with Crippen LogP contribution in [0.4, 0.5) is 4.39 Å². The molecule has 1 amide bonds. The van der Waals surface area contributed by atoms with Gasteiger partial charge in [0.05, 0.1) is 17.2 Å². The SMILES string of the molecule is C#Cc1c(C)c(C(=O)N[C@H](c2cccc(F)c2)C2CCC2)c(C)n(-c2ccccc2)c1=O. The van der Waals surface area contributed by atoms with Gasteiger partial charge >= 0.3 is 0 Å². The molecule has 4 rings (SSSR count). The van der Waals surface area contributed by atoms with E-state index in [2.05, 4.69) is 11.2 Å². The molecule has 2 aromatic carbocycles. The number of rotatable bonds is 5. The summed E-state index contributed by atoms with van der Waals surface area (Å²) in [7, 11) is 0. The van der Waals surface area contributed by atoms with Crippen LogP contribution in [0.1, 0.15) is 58.0 Å². The van der Waals surface area contributed by atoms with Gasteiger partial charge in [-0.25, -0.2) is 4.39 Å². The van der Waals surface area contributed by atoms with Crippen molar-refractivity contribution in [1.29, 1.82) is 0 Å². The van der Waals surface area contributed by atoms with Gasteiger partial charge in [0.1, 0.15) is 5.82 Å². The molecule has 1 N–H and O–H groups in total. The smallest absolute Gasteiger partial charge is 0.271 e. The topological polar surface area (TPSA) is 51.1 Å². The molecule has 1 aliphatic rings. The number of halogens is 1. The minimum atomic E-state index is -0.333. The maximum absolute atomic E-state index is 13.9. The summed E-state index contributed by atoms with van der Waals surface area (Å²) < 4.78 is 15.4. The van der Waals surface area contributed by atoms with E-state index in [1.54, 1.807) is 32.0 Å². The van der Waals surface area contributed by atoms with Crippen LogP contribution in [0.3, 0.4) is 0 Å². The van der Waals surface area contributed by atoms with Crippen molar-refractivity contribution >= 4 is 5.91 Å². The summed E-state index contributed by atoms with van der Waals surface area (Å²) in [5.74, 6) is 2.06. The highest BCUT2D eigenvalue weighted by Gasteiger charge is 2.31. The first-order valence-electron chi connectivity index (χ1n) is 10.8. The molecule has 4 nitrogen and oxygen atoms in total. The van der Waals surface area contributed by atoms with Crippen LogP contribution in [0.25, 0.3) is 5.69 Å². The third kappa shape index (κ3) is 3.85. The predicted molar refractivity (Wildman–Crippen MR) is 123 cm³/mol. The van der Waals surface area contributed by atoms with Crippen molar-refractivity contribution in [3.63, 3.8) is 0 Å². The molecule has 5 heteroatoms. The van der Waals surface area contributed by atoms with Crippen LogP contribution < -0.4 is 10.9 Å². The molecule has 1 aliphatic carbocycles. The van der Waals surface area contributed by atoms with Crippen molar-refractivity contribution in [2.24, 2.45) is 5.92 Å². The molecule has 162 valence electrons. The number of nitrogens with one attached hydrogen (secondary N) is 1. The Kier molecular flexibility index (Phi) is 5.96. The van der Waals surface area contributed by atoms with Crippen LogP contribution in [-0.4, -0.2) is 10.5 Å². The molecular formula is C27H25FN2O2. The lowest BCUT2D eigenvalue weighted by Crippen LogP contribution is -2.38. The normalized spacial score (nSPS) is 14.3. The van der Waals surface area contributed by atoms with Crippen LogP contribution in [-0.2, 0) is 0 Å². The Bertz CT molecular complexity index is 1270. The molecule has 32 heavy (non-hydrogen) atoms. The Morgan fingerprint density at radius 3 is 2.47 bits per heavy atom. The molecule has 1 heterocycles. The number of pyridine rings is 1. The number of aromatic nitrogens is 1. The van der Waals surface area contributed by atoms with E-state index in [9.17, 15) is 14.0 Å². The van der Waals surface area contributed by atoms with Gasteiger partial charge in [0, 0.05) is 11.4 Å². The van der Waals surface area contributed by atoms with Crippen LogP contribution in [0.15, 0.2) is 59.4 Å². The van der Waals surface area contributed by atoms with E-state index in [0.717, 1.165) is 24.8 Å². The number of nitrogens with zero attached hydrogens (tertiary/aromatic N) is 1. The van der Waals surface area contributed by atoms with Gasteiger partial charge in [-0.1, -0.05) is 42.7 Å². The molecule has 0 saturated heterocycles. The Labute approximate surface area is 187 Å². The number of terminal acetylenes is 1. The number of hydrogen-bond acceptors (Lipinski definition) is 2. The molecule has 0 spiro atoms. The van der Waals surface area contributed by atoms with Gasteiger partial charge in [0.2, 0.25) is 0 Å². The maximum Gasteiger partial charge on any atom is 0.271 e. The van der Waals surface area contributed by atoms with Crippen LogP contribution >= 0.6 is 0 Å². The summed E-state index contributed by atoms with van der Waals surface area (Å²) in [5.41, 5.74) is 2.59. The van der Waals surface area contributed by atoms with Crippen LogP contribution in [0.5, 0.6) is 0 Å².